The minimum Gasteiger partial charge on any atom is -0.349 e. The first-order chi connectivity index (χ1) is 7.88. The van der Waals surface area contributed by atoms with E-state index in [9.17, 15) is 0 Å². The van der Waals surface area contributed by atoms with Crippen molar-refractivity contribution in [3.8, 4) is 0 Å². The number of imidazole rings is 2. The molecule has 5 heteroatoms. The number of hydrogen-bond acceptors (Lipinski definition) is 2. The Morgan fingerprint density at radius 3 is 2.38 bits per heavy atom. The van der Waals surface area contributed by atoms with Crippen LogP contribution >= 0.6 is 22.6 Å². The molecule has 0 aliphatic carbocycles. The van der Waals surface area contributed by atoms with Gasteiger partial charge in [0.2, 0.25) is 0 Å². The molecule has 0 radical (unpaired) electrons. The zero-order valence-electron chi connectivity index (χ0n) is 8.99. The molecule has 0 aromatic carbocycles. The van der Waals surface area contributed by atoms with Crippen molar-refractivity contribution in [3.05, 3.63) is 36.4 Å². The van der Waals surface area contributed by atoms with Gasteiger partial charge in [0.05, 0.1) is 0 Å². The predicted molar refractivity (Wildman–Crippen MR) is 71.6 cm³/mol. The summed E-state index contributed by atoms with van der Waals surface area (Å²) >= 11 is 2.44. The van der Waals surface area contributed by atoms with Crippen LogP contribution in [0.3, 0.4) is 0 Å². The Labute approximate surface area is 108 Å². The van der Waals surface area contributed by atoms with Gasteiger partial charge in [0, 0.05) is 42.1 Å². The lowest BCUT2D eigenvalue weighted by Crippen LogP contribution is -2.09. The summed E-state index contributed by atoms with van der Waals surface area (Å²) in [5.74, 6) is 2.83. The van der Waals surface area contributed by atoms with E-state index in [0.717, 1.165) is 35.3 Å². The minimum absolute atomic E-state index is 0.664. The Hall–Kier alpha value is -0.850. The van der Waals surface area contributed by atoms with Gasteiger partial charge in [-0.25, -0.2) is 9.97 Å². The number of hydrogen-bond donors (Lipinski definition) is 2. The molecule has 16 heavy (non-hydrogen) atoms. The van der Waals surface area contributed by atoms with E-state index in [2.05, 4.69) is 42.5 Å². The zero-order chi connectivity index (χ0) is 11.2. The Kier molecular flexibility index (Phi) is 4.38. The van der Waals surface area contributed by atoms with Gasteiger partial charge >= 0.3 is 0 Å². The molecule has 1 unspecified atom stereocenters. The van der Waals surface area contributed by atoms with Crippen LogP contribution < -0.4 is 0 Å². The minimum atomic E-state index is 0.664. The first-order valence-electron chi connectivity index (χ1n) is 5.41. The second kappa shape index (κ2) is 6.03. The molecule has 2 aromatic rings. The number of alkyl halides is 1. The average Bonchev–Trinajstić information content (AvgIpc) is 2.97. The lowest BCUT2D eigenvalue weighted by Gasteiger charge is -2.11. The van der Waals surface area contributed by atoms with Gasteiger partial charge in [-0.3, -0.25) is 0 Å². The summed E-state index contributed by atoms with van der Waals surface area (Å²) < 4.78 is 1.15. The number of nitrogens with one attached hydrogen (secondary N) is 2. The summed E-state index contributed by atoms with van der Waals surface area (Å²) in [5, 5.41) is 0. The highest BCUT2D eigenvalue weighted by Crippen LogP contribution is 2.14. The third-order valence-corrected chi connectivity index (χ3v) is 3.84. The van der Waals surface area contributed by atoms with Crippen LogP contribution in [0.4, 0.5) is 0 Å². The van der Waals surface area contributed by atoms with E-state index < -0.39 is 0 Å². The van der Waals surface area contributed by atoms with E-state index in [4.69, 9.17) is 0 Å². The van der Waals surface area contributed by atoms with Crippen LogP contribution in [-0.2, 0) is 12.8 Å². The van der Waals surface area contributed by atoms with E-state index in [-0.39, 0.29) is 0 Å². The molecule has 0 saturated carbocycles. The molecule has 4 nitrogen and oxygen atoms in total. The van der Waals surface area contributed by atoms with Gasteiger partial charge in [-0.15, -0.1) is 0 Å². The van der Waals surface area contributed by atoms with E-state index in [1.807, 2.05) is 18.6 Å². The molecule has 0 aliphatic rings. The molecule has 2 aromatic heterocycles. The molecule has 0 fully saturated rings. The van der Waals surface area contributed by atoms with Crippen LogP contribution in [0, 0.1) is 5.92 Å². The summed E-state index contributed by atoms with van der Waals surface area (Å²) in [6, 6.07) is 0. The number of nitrogens with zero attached hydrogens (tertiary/aromatic N) is 2. The van der Waals surface area contributed by atoms with Crippen LogP contribution in [0.1, 0.15) is 18.1 Å². The Bertz CT molecular complexity index is 382. The van der Waals surface area contributed by atoms with Crippen molar-refractivity contribution in [1.82, 2.24) is 19.9 Å². The monoisotopic (exact) mass is 330 g/mol. The van der Waals surface area contributed by atoms with Crippen LogP contribution in [0.25, 0.3) is 0 Å². The molecule has 0 aliphatic heterocycles. The number of aromatic nitrogens is 4. The van der Waals surface area contributed by atoms with Gasteiger partial charge < -0.3 is 9.97 Å². The van der Waals surface area contributed by atoms with Crippen LogP contribution in [-0.4, -0.2) is 24.4 Å². The third-order valence-electron chi connectivity index (χ3n) is 2.60. The summed E-state index contributed by atoms with van der Waals surface area (Å²) in [5.41, 5.74) is 0. The van der Waals surface area contributed by atoms with Gasteiger partial charge in [0.15, 0.2) is 0 Å². The molecule has 2 N–H and O–H groups in total. The van der Waals surface area contributed by atoms with Crippen LogP contribution in [0.5, 0.6) is 0 Å². The fourth-order valence-electron chi connectivity index (χ4n) is 1.69. The number of halogens is 1. The standard InChI is InChI=1S/C11H15IN4/c12-8-9(7-11-15-5-6-16-11)1-2-10-13-3-4-14-10/h3-6,9H,1-2,7-8H2,(H,13,14)(H,15,16). The Balaban J connectivity index is 1.81. The van der Waals surface area contributed by atoms with Crippen molar-refractivity contribution >= 4 is 22.6 Å². The molecular formula is C11H15IN4. The van der Waals surface area contributed by atoms with E-state index in [1.165, 1.54) is 0 Å². The molecular weight excluding hydrogens is 315 g/mol. The highest BCUT2D eigenvalue weighted by Gasteiger charge is 2.10. The maximum atomic E-state index is 4.27. The number of aromatic amines is 2. The van der Waals surface area contributed by atoms with Gasteiger partial charge in [-0.05, 0) is 12.3 Å². The first-order valence-corrected chi connectivity index (χ1v) is 6.93. The normalized spacial score (nSPS) is 12.8. The topological polar surface area (TPSA) is 57.4 Å². The molecule has 2 rings (SSSR count). The van der Waals surface area contributed by atoms with Crippen molar-refractivity contribution in [2.75, 3.05) is 4.43 Å². The fourth-order valence-corrected chi connectivity index (χ4v) is 2.44. The molecule has 2 heterocycles. The van der Waals surface area contributed by atoms with E-state index in [1.54, 1.807) is 6.20 Å². The molecule has 0 amide bonds. The van der Waals surface area contributed by atoms with Crippen molar-refractivity contribution < 1.29 is 0 Å². The second-order valence-electron chi connectivity index (χ2n) is 3.83. The number of H-pyrrole nitrogens is 2. The maximum absolute atomic E-state index is 4.27. The summed E-state index contributed by atoms with van der Waals surface area (Å²) in [4.78, 5) is 14.8. The first kappa shape index (κ1) is 11.6. The fraction of sp³-hybridized carbons (Fsp3) is 0.455. The zero-order valence-corrected chi connectivity index (χ0v) is 11.1. The van der Waals surface area contributed by atoms with Crippen molar-refractivity contribution in [3.63, 3.8) is 0 Å². The lowest BCUT2D eigenvalue weighted by molar-refractivity contribution is 0.527. The van der Waals surface area contributed by atoms with Crippen LogP contribution in [0.15, 0.2) is 24.8 Å². The largest absolute Gasteiger partial charge is 0.349 e. The molecule has 0 spiro atoms. The van der Waals surface area contributed by atoms with Crippen molar-refractivity contribution in [2.45, 2.75) is 19.3 Å². The number of rotatable bonds is 6. The van der Waals surface area contributed by atoms with E-state index >= 15 is 0 Å². The summed E-state index contributed by atoms with van der Waals surface area (Å²) in [7, 11) is 0. The lowest BCUT2D eigenvalue weighted by atomic mass is 10.0. The predicted octanol–water partition coefficient (Wildman–Crippen LogP) is 2.36. The van der Waals surface area contributed by atoms with Crippen molar-refractivity contribution in [1.29, 1.82) is 0 Å². The van der Waals surface area contributed by atoms with E-state index in [0.29, 0.717) is 5.92 Å². The van der Waals surface area contributed by atoms with Gasteiger partial charge in [-0.2, -0.15) is 0 Å². The highest BCUT2D eigenvalue weighted by molar-refractivity contribution is 14.1. The van der Waals surface area contributed by atoms with Gasteiger partial charge in [0.1, 0.15) is 11.6 Å². The Morgan fingerprint density at radius 2 is 1.81 bits per heavy atom. The second-order valence-corrected chi connectivity index (χ2v) is 4.72. The molecule has 86 valence electrons. The smallest absolute Gasteiger partial charge is 0.106 e. The molecule has 0 bridgehead atoms. The van der Waals surface area contributed by atoms with Gasteiger partial charge in [-0.1, -0.05) is 22.6 Å². The number of aryl methyl sites for hydroxylation is 1. The quantitative estimate of drug-likeness (QED) is 0.631. The third kappa shape index (κ3) is 3.33. The Morgan fingerprint density at radius 1 is 1.12 bits per heavy atom. The summed E-state index contributed by atoms with van der Waals surface area (Å²) in [6.07, 6.45) is 10.6. The maximum Gasteiger partial charge on any atom is 0.106 e. The molecule has 1 atom stereocenters. The van der Waals surface area contributed by atoms with Crippen LogP contribution in [0.2, 0.25) is 0 Å². The van der Waals surface area contributed by atoms with Gasteiger partial charge in [0.25, 0.3) is 0 Å². The summed E-state index contributed by atoms with van der Waals surface area (Å²) in [6.45, 7) is 0. The van der Waals surface area contributed by atoms with Crippen molar-refractivity contribution in [2.24, 2.45) is 5.92 Å². The SMILES string of the molecule is ICC(CCc1ncc[nH]1)Cc1ncc[nH]1. The molecule has 0 saturated heterocycles. The highest BCUT2D eigenvalue weighted by atomic mass is 127. The average molecular weight is 330 g/mol.